The molecule has 4 atom stereocenters. The molecule has 1 unspecified atom stereocenters. The van der Waals surface area contributed by atoms with Crippen LogP contribution in [0.2, 0.25) is 0 Å². The van der Waals surface area contributed by atoms with Crippen molar-refractivity contribution in [1.29, 1.82) is 0 Å². The van der Waals surface area contributed by atoms with Gasteiger partial charge in [0.1, 0.15) is 0 Å². The fraction of sp³-hybridized carbons (Fsp3) is 1.00. The van der Waals surface area contributed by atoms with Crippen molar-refractivity contribution in [3.63, 3.8) is 0 Å². The van der Waals surface area contributed by atoms with Crippen LogP contribution in [0.4, 0.5) is 0 Å². The Bertz CT molecular complexity index is 164. The lowest BCUT2D eigenvalue weighted by molar-refractivity contribution is 0.213. The third-order valence-electron chi connectivity index (χ3n) is 4.08. The quantitative estimate of drug-likeness (QED) is 0.533. The first-order valence-corrected chi connectivity index (χ1v) is 5.27. The van der Waals surface area contributed by atoms with Crippen molar-refractivity contribution in [3.05, 3.63) is 0 Å². The van der Waals surface area contributed by atoms with Crippen molar-refractivity contribution in [2.45, 2.75) is 33.1 Å². The van der Waals surface area contributed by atoms with Gasteiger partial charge in [0.05, 0.1) is 0 Å². The first-order chi connectivity index (χ1) is 5.17. The van der Waals surface area contributed by atoms with Crippen LogP contribution in [-0.2, 0) is 0 Å². The van der Waals surface area contributed by atoms with E-state index in [0.29, 0.717) is 0 Å². The Hall–Kier alpha value is 0.290. The molecule has 2 rings (SSSR count). The largest absolute Gasteiger partial charge is 0.126 e. The Kier molecular flexibility index (Phi) is 1.72. The van der Waals surface area contributed by atoms with Crippen LogP contribution in [0.15, 0.2) is 0 Å². The van der Waals surface area contributed by atoms with Gasteiger partial charge in [-0.05, 0) is 42.4 Å². The van der Waals surface area contributed by atoms with Crippen molar-refractivity contribution >= 4 is 11.6 Å². The zero-order valence-electron chi connectivity index (χ0n) is 7.44. The number of alkyl halides is 1. The summed E-state index contributed by atoms with van der Waals surface area (Å²) < 4.78 is 0. The van der Waals surface area contributed by atoms with Crippen LogP contribution < -0.4 is 0 Å². The Morgan fingerprint density at radius 2 is 2.27 bits per heavy atom. The zero-order valence-corrected chi connectivity index (χ0v) is 8.19. The summed E-state index contributed by atoms with van der Waals surface area (Å²) in [6.45, 7) is 4.83. The molecular formula is C10H17Cl. The summed E-state index contributed by atoms with van der Waals surface area (Å²) in [5.74, 6) is 3.61. The predicted octanol–water partition coefficient (Wildman–Crippen LogP) is 3.30. The summed E-state index contributed by atoms with van der Waals surface area (Å²) in [5, 5.41) is 0. The molecule has 0 aromatic heterocycles. The molecule has 2 aliphatic rings. The van der Waals surface area contributed by atoms with E-state index in [1.54, 1.807) is 0 Å². The van der Waals surface area contributed by atoms with E-state index in [0.717, 1.165) is 29.0 Å². The van der Waals surface area contributed by atoms with Crippen LogP contribution in [-0.4, -0.2) is 5.88 Å². The molecule has 0 heterocycles. The summed E-state index contributed by atoms with van der Waals surface area (Å²) >= 11 is 5.90. The average molecular weight is 173 g/mol. The van der Waals surface area contributed by atoms with Crippen LogP contribution in [0.3, 0.4) is 0 Å². The standard InChI is InChI=1S/C10H17Cl/c1-7-8(6-11)3-4-10(2)5-9(7)10/h7-9H,3-6H2,1-2H3/t7?,8-,9+,10-/m0/s1. The first kappa shape index (κ1) is 7.91. The molecule has 0 nitrogen and oxygen atoms in total. The van der Waals surface area contributed by atoms with E-state index in [-0.39, 0.29) is 0 Å². The van der Waals surface area contributed by atoms with Crippen molar-refractivity contribution in [3.8, 4) is 0 Å². The molecule has 0 aliphatic heterocycles. The minimum absolute atomic E-state index is 0.738. The van der Waals surface area contributed by atoms with Crippen LogP contribution in [0.1, 0.15) is 33.1 Å². The second-order valence-electron chi connectivity index (χ2n) is 4.78. The summed E-state index contributed by atoms with van der Waals surface area (Å²) in [5.41, 5.74) is 0.738. The maximum absolute atomic E-state index is 5.90. The second-order valence-corrected chi connectivity index (χ2v) is 5.09. The molecule has 0 radical (unpaired) electrons. The highest BCUT2D eigenvalue weighted by Gasteiger charge is 2.56. The third-order valence-corrected chi connectivity index (χ3v) is 4.48. The number of fused-ring (bicyclic) bond motifs is 1. The highest BCUT2D eigenvalue weighted by Crippen LogP contribution is 2.64. The highest BCUT2D eigenvalue weighted by molar-refractivity contribution is 6.18. The van der Waals surface area contributed by atoms with Gasteiger partial charge in [-0.15, -0.1) is 11.6 Å². The van der Waals surface area contributed by atoms with E-state index in [4.69, 9.17) is 11.6 Å². The summed E-state index contributed by atoms with van der Waals surface area (Å²) in [6, 6.07) is 0. The average Bonchev–Trinajstić information content (AvgIpc) is 2.64. The molecule has 0 N–H and O–H groups in total. The van der Waals surface area contributed by atoms with Gasteiger partial charge in [0.15, 0.2) is 0 Å². The molecule has 0 saturated heterocycles. The van der Waals surface area contributed by atoms with Gasteiger partial charge in [-0.3, -0.25) is 0 Å². The molecule has 0 aromatic rings. The Morgan fingerprint density at radius 1 is 1.55 bits per heavy atom. The van der Waals surface area contributed by atoms with Crippen molar-refractivity contribution < 1.29 is 0 Å². The Balaban J connectivity index is 2.03. The van der Waals surface area contributed by atoms with E-state index in [1.165, 1.54) is 19.3 Å². The lowest BCUT2D eigenvalue weighted by Gasteiger charge is -2.30. The molecule has 1 heteroatoms. The van der Waals surface area contributed by atoms with Gasteiger partial charge in [0.2, 0.25) is 0 Å². The van der Waals surface area contributed by atoms with Crippen LogP contribution >= 0.6 is 11.6 Å². The molecule has 2 aliphatic carbocycles. The van der Waals surface area contributed by atoms with E-state index in [2.05, 4.69) is 13.8 Å². The second kappa shape index (κ2) is 2.39. The third kappa shape index (κ3) is 1.11. The smallest absolute Gasteiger partial charge is 0.0254 e. The summed E-state index contributed by atoms with van der Waals surface area (Å²) in [4.78, 5) is 0. The number of hydrogen-bond donors (Lipinski definition) is 0. The monoisotopic (exact) mass is 172 g/mol. The van der Waals surface area contributed by atoms with E-state index in [1.807, 2.05) is 0 Å². The van der Waals surface area contributed by atoms with Crippen LogP contribution in [0, 0.1) is 23.2 Å². The van der Waals surface area contributed by atoms with Crippen molar-refractivity contribution in [1.82, 2.24) is 0 Å². The molecular weight excluding hydrogens is 156 g/mol. The Morgan fingerprint density at radius 3 is 2.91 bits per heavy atom. The molecule has 2 saturated carbocycles. The van der Waals surface area contributed by atoms with Gasteiger partial charge in [-0.25, -0.2) is 0 Å². The van der Waals surface area contributed by atoms with Crippen LogP contribution in [0.5, 0.6) is 0 Å². The van der Waals surface area contributed by atoms with Gasteiger partial charge in [0, 0.05) is 5.88 Å². The molecule has 0 aromatic carbocycles. The van der Waals surface area contributed by atoms with E-state index in [9.17, 15) is 0 Å². The van der Waals surface area contributed by atoms with Crippen LogP contribution in [0.25, 0.3) is 0 Å². The fourth-order valence-corrected chi connectivity index (χ4v) is 3.31. The fourth-order valence-electron chi connectivity index (χ4n) is 2.88. The maximum atomic E-state index is 5.90. The Labute approximate surface area is 74.3 Å². The summed E-state index contributed by atoms with van der Waals surface area (Å²) in [7, 11) is 0. The van der Waals surface area contributed by atoms with Gasteiger partial charge in [-0.1, -0.05) is 13.8 Å². The molecule has 0 bridgehead atoms. The number of hydrogen-bond acceptors (Lipinski definition) is 0. The summed E-state index contributed by atoms with van der Waals surface area (Å²) in [6.07, 6.45) is 4.28. The highest BCUT2D eigenvalue weighted by atomic mass is 35.5. The van der Waals surface area contributed by atoms with Gasteiger partial charge in [0.25, 0.3) is 0 Å². The normalized spacial score (nSPS) is 55.4. The van der Waals surface area contributed by atoms with Crippen molar-refractivity contribution in [2.75, 3.05) is 5.88 Å². The van der Waals surface area contributed by atoms with Crippen molar-refractivity contribution in [2.24, 2.45) is 23.2 Å². The van der Waals surface area contributed by atoms with E-state index >= 15 is 0 Å². The van der Waals surface area contributed by atoms with Gasteiger partial charge >= 0.3 is 0 Å². The lowest BCUT2D eigenvalue weighted by atomic mass is 9.76. The number of halogens is 1. The van der Waals surface area contributed by atoms with Gasteiger partial charge < -0.3 is 0 Å². The first-order valence-electron chi connectivity index (χ1n) is 4.73. The minimum atomic E-state index is 0.738. The number of rotatable bonds is 1. The lowest BCUT2D eigenvalue weighted by Crippen LogP contribution is -2.24. The SMILES string of the molecule is CC1[C@H](CCl)CC[C@@]2(C)C[C@H]12. The topological polar surface area (TPSA) is 0 Å². The van der Waals surface area contributed by atoms with E-state index < -0.39 is 0 Å². The molecule has 64 valence electrons. The molecule has 11 heavy (non-hydrogen) atoms. The minimum Gasteiger partial charge on any atom is -0.126 e. The maximum Gasteiger partial charge on any atom is 0.0254 e. The molecule has 0 amide bonds. The van der Waals surface area contributed by atoms with Gasteiger partial charge in [-0.2, -0.15) is 0 Å². The predicted molar refractivity (Wildman–Crippen MR) is 48.8 cm³/mol. The molecule has 0 spiro atoms. The zero-order chi connectivity index (χ0) is 8.06. The molecule has 2 fully saturated rings.